The van der Waals surface area contributed by atoms with Gasteiger partial charge in [0.1, 0.15) is 0 Å². The lowest BCUT2D eigenvalue weighted by Gasteiger charge is -2.27. The summed E-state index contributed by atoms with van der Waals surface area (Å²) in [6.45, 7) is 5.30. The maximum absolute atomic E-state index is 12.5. The van der Waals surface area contributed by atoms with Crippen molar-refractivity contribution >= 4 is 23.3 Å². The Labute approximate surface area is 153 Å². The average Bonchev–Trinajstić information content (AvgIpc) is 2.97. The molecule has 0 aliphatic heterocycles. The van der Waals surface area contributed by atoms with Crippen molar-refractivity contribution < 1.29 is 9.90 Å². The van der Waals surface area contributed by atoms with E-state index in [0.29, 0.717) is 0 Å². The second kappa shape index (κ2) is 6.77. The zero-order valence-electron chi connectivity index (χ0n) is 15.0. The van der Waals surface area contributed by atoms with Gasteiger partial charge in [-0.1, -0.05) is 44.2 Å². The van der Waals surface area contributed by atoms with Crippen LogP contribution in [0.1, 0.15) is 36.3 Å². The molecule has 0 radical (unpaired) electrons. The third-order valence-electron chi connectivity index (χ3n) is 5.37. The van der Waals surface area contributed by atoms with Gasteiger partial charge < -0.3 is 10.0 Å². The topological polar surface area (TPSA) is 40.5 Å². The second-order valence-corrected chi connectivity index (χ2v) is 8.49. The number of rotatable bonds is 6. The van der Waals surface area contributed by atoms with E-state index in [1.165, 1.54) is 16.9 Å². The number of nitrogens with zero attached hydrogens (tertiary/aromatic N) is 1. The fourth-order valence-corrected chi connectivity index (χ4v) is 4.45. The summed E-state index contributed by atoms with van der Waals surface area (Å²) in [6, 6.07) is 12.4. The van der Waals surface area contributed by atoms with Crippen LogP contribution in [0.15, 0.2) is 47.9 Å². The summed E-state index contributed by atoms with van der Waals surface area (Å²) in [5, 5.41) is 11.0. The highest BCUT2D eigenvalue weighted by molar-refractivity contribution is 7.11. The molecule has 1 aliphatic rings. The minimum Gasteiger partial charge on any atom is -0.392 e. The van der Waals surface area contributed by atoms with Gasteiger partial charge in [0, 0.05) is 30.0 Å². The van der Waals surface area contributed by atoms with Gasteiger partial charge in [0.2, 0.25) is 5.91 Å². The standard InChI is InChI=1S/C21H25NO2S/c1-20(2)14-21(20,17-7-5-4-6-8-17)15-22(3)19(24)10-9-18-11-16(12-23)13-25-18/h4-11,13,23H,12,14-15H2,1-3H3. The van der Waals surface area contributed by atoms with Crippen LogP contribution in [0.5, 0.6) is 0 Å². The van der Waals surface area contributed by atoms with Gasteiger partial charge in [0.05, 0.1) is 6.61 Å². The monoisotopic (exact) mass is 355 g/mol. The Hall–Kier alpha value is -1.91. The van der Waals surface area contributed by atoms with E-state index in [0.717, 1.165) is 23.4 Å². The van der Waals surface area contributed by atoms with Crippen LogP contribution < -0.4 is 0 Å². The van der Waals surface area contributed by atoms with Crippen LogP contribution in [0.4, 0.5) is 0 Å². The quantitative estimate of drug-likeness (QED) is 0.793. The molecule has 3 rings (SSSR count). The summed E-state index contributed by atoms with van der Waals surface area (Å²) in [5.41, 5.74) is 2.44. The van der Waals surface area contributed by atoms with Gasteiger partial charge in [-0.25, -0.2) is 0 Å². The lowest BCUT2D eigenvalue weighted by Crippen LogP contribution is -2.35. The third-order valence-corrected chi connectivity index (χ3v) is 6.32. The Morgan fingerprint density at radius 1 is 1.32 bits per heavy atom. The van der Waals surface area contributed by atoms with Crippen molar-refractivity contribution in [3.63, 3.8) is 0 Å². The molecule has 4 heteroatoms. The van der Waals surface area contributed by atoms with Gasteiger partial charge in [0.25, 0.3) is 0 Å². The molecule has 3 nitrogen and oxygen atoms in total. The normalized spacial score (nSPS) is 21.4. The number of aliphatic hydroxyl groups is 1. The summed E-state index contributed by atoms with van der Waals surface area (Å²) in [7, 11) is 1.87. The van der Waals surface area contributed by atoms with Crippen molar-refractivity contribution in [1.82, 2.24) is 4.90 Å². The lowest BCUT2D eigenvalue weighted by molar-refractivity contribution is -0.125. The number of carbonyl (C=O) groups is 1. The molecule has 0 saturated heterocycles. The summed E-state index contributed by atoms with van der Waals surface area (Å²) >= 11 is 1.53. The molecule has 0 spiro atoms. The number of aliphatic hydroxyl groups excluding tert-OH is 1. The van der Waals surface area contributed by atoms with Gasteiger partial charge in [-0.2, -0.15) is 0 Å². The largest absolute Gasteiger partial charge is 0.392 e. The van der Waals surface area contributed by atoms with Gasteiger partial charge in [-0.15, -0.1) is 11.3 Å². The molecule has 1 atom stereocenters. The molecule has 0 bridgehead atoms. The fourth-order valence-electron chi connectivity index (χ4n) is 3.65. The van der Waals surface area contributed by atoms with E-state index in [-0.39, 0.29) is 23.3 Å². The predicted octanol–water partition coefficient (Wildman–Crippen LogP) is 4.08. The molecule has 1 N–H and O–H groups in total. The molecular formula is C21H25NO2S. The summed E-state index contributed by atoms with van der Waals surface area (Å²) in [5.74, 6) is 0.0111. The summed E-state index contributed by atoms with van der Waals surface area (Å²) in [6.07, 6.45) is 4.55. The van der Waals surface area contributed by atoms with Gasteiger partial charge in [0.15, 0.2) is 0 Å². The van der Waals surface area contributed by atoms with E-state index < -0.39 is 0 Å². The number of benzene rings is 1. The number of hydrogen-bond acceptors (Lipinski definition) is 3. The van der Waals surface area contributed by atoms with Crippen molar-refractivity contribution in [3.05, 3.63) is 63.9 Å². The van der Waals surface area contributed by atoms with E-state index in [1.807, 2.05) is 35.5 Å². The smallest absolute Gasteiger partial charge is 0.246 e. The molecule has 1 aliphatic carbocycles. The Morgan fingerprint density at radius 3 is 2.56 bits per heavy atom. The minimum atomic E-state index is 0.0111. The van der Waals surface area contributed by atoms with Gasteiger partial charge in [-0.05, 0) is 40.5 Å². The van der Waals surface area contributed by atoms with Crippen LogP contribution in [0.25, 0.3) is 6.08 Å². The molecule has 1 unspecified atom stereocenters. The number of likely N-dealkylation sites (N-methyl/N-ethyl adjacent to an activating group) is 1. The van der Waals surface area contributed by atoms with Crippen LogP contribution in [0.2, 0.25) is 0 Å². The molecule has 1 aromatic carbocycles. The maximum atomic E-state index is 12.5. The summed E-state index contributed by atoms with van der Waals surface area (Å²) in [4.78, 5) is 15.3. The number of thiophene rings is 1. The molecular weight excluding hydrogens is 330 g/mol. The van der Waals surface area contributed by atoms with Gasteiger partial charge >= 0.3 is 0 Å². The van der Waals surface area contributed by atoms with Crippen molar-refractivity contribution in [2.45, 2.75) is 32.3 Å². The highest BCUT2D eigenvalue weighted by atomic mass is 32.1. The first-order chi connectivity index (χ1) is 11.9. The van der Waals surface area contributed by atoms with Crippen LogP contribution in [-0.2, 0) is 16.8 Å². The van der Waals surface area contributed by atoms with Crippen LogP contribution >= 0.6 is 11.3 Å². The predicted molar refractivity (Wildman–Crippen MR) is 103 cm³/mol. The van der Waals surface area contributed by atoms with Crippen LogP contribution in [-0.4, -0.2) is 29.5 Å². The minimum absolute atomic E-state index is 0.0111. The highest BCUT2D eigenvalue weighted by Gasteiger charge is 2.62. The number of carbonyl (C=O) groups excluding carboxylic acids is 1. The zero-order valence-corrected chi connectivity index (χ0v) is 15.8. The Kier molecular flexibility index (Phi) is 4.85. The van der Waals surface area contributed by atoms with Crippen molar-refractivity contribution in [2.75, 3.05) is 13.6 Å². The molecule has 1 amide bonds. The van der Waals surface area contributed by atoms with Crippen molar-refractivity contribution in [2.24, 2.45) is 5.41 Å². The van der Waals surface area contributed by atoms with E-state index in [4.69, 9.17) is 5.11 Å². The molecule has 1 saturated carbocycles. The van der Waals surface area contributed by atoms with Crippen molar-refractivity contribution in [1.29, 1.82) is 0 Å². The first kappa shape index (κ1) is 17.9. The number of hydrogen-bond donors (Lipinski definition) is 1. The summed E-state index contributed by atoms with van der Waals surface area (Å²) < 4.78 is 0. The number of amides is 1. The lowest BCUT2D eigenvalue weighted by atomic mass is 9.87. The molecule has 1 heterocycles. The second-order valence-electron chi connectivity index (χ2n) is 7.55. The Morgan fingerprint density at radius 2 is 2.00 bits per heavy atom. The van der Waals surface area contributed by atoms with Crippen LogP contribution in [0, 0.1) is 5.41 Å². The van der Waals surface area contributed by atoms with Crippen molar-refractivity contribution in [3.8, 4) is 0 Å². The average molecular weight is 356 g/mol. The van der Waals surface area contributed by atoms with E-state index >= 15 is 0 Å². The van der Waals surface area contributed by atoms with Gasteiger partial charge in [-0.3, -0.25) is 4.79 Å². The molecule has 1 fully saturated rings. The molecule has 25 heavy (non-hydrogen) atoms. The zero-order chi connectivity index (χ0) is 18.1. The Balaban J connectivity index is 1.70. The first-order valence-corrected chi connectivity index (χ1v) is 9.43. The van der Waals surface area contributed by atoms with E-state index in [1.54, 1.807) is 6.08 Å². The SMILES string of the molecule is CN(CC1(c2ccccc2)CC1(C)C)C(=O)C=Cc1cc(CO)cs1. The first-order valence-electron chi connectivity index (χ1n) is 8.55. The molecule has 132 valence electrons. The van der Waals surface area contributed by atoms with E-state index in [2.05, 4.69) is 38.1 Å². The third kappa shape index (κ3) is 3.55. The Bertz CT molecular complexity index is 778. The van der Waals surface area contributed by atoms with Crippen LogP contribution in [0.3, 0.4) is 0 Å². The van der Waals surface area contributed by atoms with E-state index in [9.17, 15) is 4.79 Å². The molecule has 2 aromatic rings. The highest BCUT2D eigenvalue weighted by Crippen LogP contribution is 2.64. The fraction of sp³-hybridized carbons (Fsp3) is 0.381. The maximum Gasteiger partial charge on any atom is 0.246 e. The molecule has 1 aromatic heterocycles.